The van der Waals surface area contributed by atoms with Crippen LogP contribution < -0.4 is 30.8 Å². The molecule has 6 rings (SSSR count). The molecular formula is C28H23Cl2N3O8. The summed E-state index contributed by atoms with van der Waals surface area (Å²) in [5, 5.41) is 13.2. The molecule has 2 aliphatic heterocycles. The number of anilines is 1. The molecule has 1 spiro atoms. The number of allylic oxidation sites excluding steroid dienone is 1. The lowest BCUT2D eigenvalue weighted by Crippen LogP contribution is -2.58. The number of nitrogens with one attached hydrogen (secondary N) is 2. The van der Waals surface area contributed by atoms with Crippen molar-refractivity contribution in [3.05, 3.63) is 83.1 Å². The maximum Gasteiger partial charge on any atom is 0.329 e. The first-order valence-electron chi connectivity index (χ1n) is 12.5. The number of hydrogen-bond acceptors (Lipinski definition) is 9. The highest BCUT2D eigenvalue weighted by molar-refractivity contribution is 6.36. The lowest BCUT2D eigenvalue weighted by Gasteiger charge is -2.42. The van der Waals surface area contributed by atoms with Gasteiger partial charge in [0.25, 0.3) is 5.56 Å². The van der Waals surface area contributed by atoms with Crippen LogP contribution in [0.5, 0.6) is 23.0 Å². The van der Waals surface area contributed by atoms with Gasteiger partial charge in [0.1, 0.15) is 33.7 Å². The van der Waals surface area contributed by atoms with E-state index in [1.54, 1.807) is 6.92 Å². The Morgan fingerprint density at radius 2 is 1.78 bits per heavy atom. The van der Waals surface area contributed by atoms with Crippen LogP contribution in [0, 0.1) is 5.92 Å². The van der Waals surface area contributed by atoms with Crippen molar-refractivity contribution in [3.63, 3.8) is 0 Å². The number of aromatic amines is 1. The molecule has 0 bridgehead atoms. The third-order valence-electron chi connectivity index (χ3n) is 8.04. The fraction of sp³-hybridized carbons (Fsp3) is 0.286. The van der Waals surface area contributed by atoms with E-state index in [1.807, 2.05) is 0 Å². The van der Waals surface area contributed by atoms with Gasteiger partial charge in [-0.3, -0.25) is 23.9 Å². The molecule has 1 aromatic heterocycles. The molecule has 13 heteroatoms. The summed E-state index contributed by atoms with van der Waals surface area (Å²) in [6, 6.07) is 5.74. The second-order valence-electron chi connectivity index (χ2n) is 10.1. The summed E-state index contributed by atoms with van der Waals surface area (Å²) < 4.78 is 18.3. The van der Waals surface area contributed by atoms with Crippen molar-refractivity contribution in [3.8, 4) is 23.0 Å². The molecule has 0 radical (unpaired) electrons. The number of H-pyrrole nitrogens is 1. The van der Waals surface area contributed by atoms with Gasteiger partial charge >= 0.3 is 5.69 Å². The van der Waals surface area contributed by atoms with Crippen LogP contribution in [0.1, 0.15) is 40.7 Å². The third kappa shape index (κ3) is 3.51. The highest BCUT2D eigenvalue weighted by Gasteiger charge is 2.63. The van der Waals surface area contributed by atoms with E-state index in [1.165, 1.54) is 50.1 Å². The number of methoxy groups -OCH3 is 2. The number of carbonyl (C=O) groups excluding carboxylic acids is 2. The maximum atomic E-state index is 14.7. The van der Waals surface area contributed by atoms with Crippen LogP contribution in [0.15, 0.2) is 45.1 Å². The van der Waals surface area contributed by atoms with Gasteiger partial charge in [0.05, 0.1) is 24.8 Å². The summed E-state index contributed by atoms with van der Waals surface area (Å²) in [5.74, 6) is -2.83. The number of fused-ring (bicyclic) bond motifs is 2. The molecule has 1 aliphatic carbocycles. The number of phenolic OH excluding ortho intramolecular Hbond substituents is 1. The van der Waals surface area contributed by atoms with Crippen LogP contribution in [0.25, 0.3) is 0 Å². The van der Waals surface area contributed by atoms with Crippen LogP contribution >= 0.6 is 23.2 Å². The Bertz CT molecular complexity index is 1860. The number of hydrogen-bond donors (Lipinski definition) is 3. The predicted octanol–water partition coefficient (Wildman–Crippen LogP) is 3.54. The molecule has 0 amide bonds. The number of ketones is 2. The number of carbonyl (C=O) groups is 2. The lowest BCUT2D eigenvalue weighted by atomic mass is 9.66. The smallest absolute Gasteiger partial charge is 0.329 e. The number of ether oxygens (including phenoxy) is 3. The van der Waals surface area contributed by atoms with Gasteiger partial charge in [-0.15, -0.1) is 0 Å². The van der Waals surface area contributed by atoms with Crippen LogP contribution in [0.4, 0.5) is 5.82 Å². The molecule has 3 aliphatic rings. The minimum atomic E-state index is -2.03. The third-order valence-corrected chi connectivity index (χ3v) is 8.70. The molecule has 3 heterocycles. The molecule has 3 atom stereocenters. The second-order valence-corrected chi connectivity index (χ2v) is 10.9. The minimum absolute atomic E-state index is 0.00808. The highest BCUT2D eigenvalue weighted by atomic mass is 35.5. The fourth-order valence-corrected chi connectivity index (χ4v) is 6.45. The molecule has 0 saturated carbocycles. The number of rotatable bonds is 3. The quantitative estimate of drug-likeness (QED) is 0.384. The Hall–Kier alpha value is -4.22. The second kappa shape index (κ2) is 9.15. The van der Waals surface area contributed by atoms with Gasteiger partial charge in [-0.25, -0.2) is 4.79 Å². The molecule has 2 aromatic carbocycles. The Labute approximate surface area is 242 Å². The number of phenols is 1. The van der Waals surface area contributed by atoms with Crippen molar-refractivity contribution in [2.24, 2.45) is 13.0 Å². The van der Waals surface area contributed by atoms with E-state index in [0.717, 1.165) is 0 Å². The van der Waals surface area contributed by atoms with E-state index >= 15 is 0 Å². The normalized spacial score (nSPS) is 22.6. The van der Waals surface area contributed by atoms with E-state index in [0.29, 0.717) is 11.3 Å². The number of Topliss-reactive ketones (excluding diaryl/α,β-unsaturated/α-hetero) is 2. The van der Waals surface area contributed by atoms with Crippen molar-refractivity contribution in [1.82, 2.24) is 9.55 Å². The summed E-state index contributed by atoms with van der Waals surface area (Å²) in [7, 11) is 4.25. The standard InChI is InChI=1S/C28H23Cl2N3O8/c1-10-7-13-18(23(35)28(10)24(36)19-15(39-3)9-16(40-4)21(30)22(19)41-28)17(11-5-6-14(34)12(29)8-11)20-25(31-13)33(2)27(38)32-26(20)37/h5-6,8-10,17,31,34H,7H2,1-4H3,(H,32,37,38)/t10-,17?,28+/m1/s1. The molecule has 0 fully saturated rings. The number of benzene rings is 2. The van der Waals surface area contributed by atoms with Gasteiger partial charge in [0.15, 0.2) is 5.75 Å². The summed E-state index contributed by atoms with van der Waals surface area (Å²) in [6.45, 7) is 1.70. The minimum Gasteiger partial charge on any atom is -0.506 e. The molecule has 41 heavy (non-hydrogen) atoms. The number of aromatic hydroxyl groups is 1. The van der Waals surface area contributed by atoms with Crippen molar-refractivity contribution in [2.75, 3.05) is 19.5 Å². The first-order chi connectivity index (χ1) is 19.5. The first-order valence-corrected chi connectivity index (χ1v) is 13.3. The van der Waals surface area contributed by atoms with Crippen LogP contribution in [-0.4, -0.2) is 46.0 Å². The van der Waals surface area contributed by atoms with Crippen molar-refractivity contribution in [2.45, 2.75) is 24.9 Å². The van der Waals surface area contributed by atoms with Crippen molar-refractivity contribution in [1.29, 1.82) is 0 Å². The molecule has 3 aromatic rings. The van der Waals surface area contributed by atoms with Gasteiger partial charge in [0, 0.05) is 36.2 Å². The zero-order valence-corrected chi connectivity index (χ0v) is 23.7. The summed E-state index contributed by atoms with van der Waals surface area (Å²) in [4.78, 5) is 57.0. The predicted molar refractivity (Wildman–Crippen MR) is 149 cm³/mol. The van der Waals surface area contributed by atoms with Gasteiger partial charge in [-0.2, -0.15) is 0 Å². The highest BCUT2D eigenvalue weighted by Crippen LogP contribution is 2.56. The first kappa shape index (κ1) is 27.0. The summed E-state index contributed by atoms with van der Waals surface area (Å²) >= 11 is 12.8. The number of aromatic nitrogens is 2. The average Bonchev–Trinajstić information content (AvgIpc) is 3.26. The lowest BCUT2D eigenvalue weighted by molar-refractivity contribution is -0.130. The van der Waals surface area contributed by atoms with E-state index in [2.05, 4.69) is 10.3 Å². The van der Waals surface area contributed by atoms with E-state index < -0.39 is 40.3 Å². The summed E-state index contributed by atoms with van der Waals surface area (Å²) in [6.07, 6.45) is 0.140. The molecule has 212 valence electrons. The van der Waals surface area contributed by atoms with Crippen molar-refractivity contribution >= 4 is 40.6 Å². The molecule has 3 N–H and O–H groups in total. The van der Waals surface area contributed by atoms with Gasteiger partial charge in [0.2, 0.25) is 17.2 Å². The number of nitrogens with zero attached hydrogens (tertiary/aromatic N) is 1. The maximum absolute atomic E-state index is 14.7. The molecular weight excluding hydrogens is 577 g/mol. The van der Waals surface area contributed by atoms with E-state index in [-0.39, 0.29) is 62.0 Å². The monoisotopic (exact) mass is 599 g/mol. The summed E-state index contributed by atoms with van der Waals surface area (Å²) in [5.41, 5.74) is -2.46. The topological polar surface area (TPSA) is 149 Å². The van der Waals surface area contributed by atoms with Crippen LogP contribution in [-0.2, 0) is 11.8 Å². The Morgan fingerprint density at radius 3 is 2.44 bits per heavy atom. The van der Waals surface area contributed by atoms with Crippen LogP contribution in [0.3, 0.4) is 0 Å². The Balaban J connectivity index is 1.61. The zero-order chi connectivity index (χ0) is 29.5. The average molecular weight is 600 g/mol. The molecule has 11 nitrogen and oxygen atoms in total. The van der Waals surface area contributed by atoms with E-state index in [4.69, 9.17) is 37.4 Å². The Morgan fingerprint density at radius 1 is 1.07 bits per heavy atom. The molecule has 0 saturated heterocycles. The van der Waals surface area contributed by atoms with Crippen LogP contribution in [0.2, 0.25) is 10.0 Å². The van der Waals surface area contributed by atoms with Gasteiger partial charge in [-0.05, 0) is 24.1 Å². The number of halogens is 2. The zero-order valence-electron chi connectivity index (χ0n) is 22.2. The van der Waals surface area contributed by atoms with Gasteiger partial charge < -0.3 is 24.6 Å². The van der Waals surface area contributed by atoms with Crippen molar-refractivity contribution < 1.29 is 28.9 Å². The Kier molecular flexibility index (Phi) is 6.02. The fourth-order valence-electron chi connectivity index (χ4n) is 6.00. The van der Waals surface area contributed by atoms with Gasteiger partial charge in [-0.1, -0.05) is 36.2 Å². The van der Waals surface area contributed by atoms with E-state index in [9.17, 15) is 24.3 Å². The molecule has 1 unspecified atom stereocenters. The SMILES string of the molecule is COc1cc(OC)c2c(c1Cl)O[C@@]1(C(=O)C3=C(C[C@H]1C)Nc1c(c(=O)[nH]c(=O)n1C)C3c1ccc(O)c(Cl)c1)C2=O. The largest absolute Gasteiger partial charge is 0.506 e.